The molecule has 1 amide bonds. The maximum absolute atomic E-state index is 11.2. The third-order valence-electron chi connectivity index (χ3n) is 1.42. The molecule has 0 spiro atoms. The van der Waals surface area contributed by atoms with Crippen LogP contribution in [0.5, 0.6) is 0 Å². The van der Waals surface area contributed by atoms with Crippen molar-refractivity contribution in [2.45, 2.75) is 45.4 Å². The van der Waals surface area contributed by atoms with E-state index in [0.29, 0.717) is 13.0 Å². The number of alkyl carbamates (subject to hydrolysis) is 1. The zero-order chi connectivity index (χ0) is 11.2. The summed E-state index contributed by atoms with van der Waals surface area (Å²) in [5, 5.41) is 2.53. The van der Waals surface area contributed by atoms with Crippen LogP contribution < -0.4 is 16.8 Å². The van der Waals surface area contributed by atoms with Gasteiger partial charge in [0.2, 0.25) is 0 Å². The molecule has 0 heterocycles. The predicted molar refractivity (Wildman–Crippen MR) is 55.6 cm³/mol. The highest BCUT2D eigenvalue weighted by atomic mass is 16.6. The monoisotopic (exact) mass is 203 g/mol. The average Bonchev–Trinajstić information content (AvgIpc) is 1.96. The van der Waals surface area contributed by atoms with Crippen LogP contribution >= 0.6 is 0 Å². The summed E-state index contributed by atoms with van der Waals surface area (Å²) in [5.41, 5.74) is 10.4. The van der Waals surface area contributed by atoms with Gasteiger partial charge in [0.1, 0.15) is 5.60 Å². The van der Waals surface area contributed by atoms with Gasteiger partial charge in [0.05, 0.1) is 6.17 Å². The lowest BCUT2D eigenvalue weighted by Gasteiger charge is -2.21. The molecule has 14 heavy (non-hydrogen) atoms. The van der Waals surface area contributed by atoms with Crippen molar-refractivity contribution in [1.29, 1.82) is 0 Å². The molecule has 0 unspecified atom stereocenters. The number of rotatable bonds is 4. The summed E-state index contributed by atoms with van der Waals surface area (Å²) in [5.74, 6) is 0. The first kappa shape index (κ1) is 13.2. The van der Waals surface area contributed by atoms with Crippen LogP contribution in [0.15, 0.2) is 0 Å². The SMILES string of the molecule is CC(C)(C)OC(=O)N[C@H](N)CCCN. The minimum absolute atomic E-state index is 0.381. The molecule has 0 rings (SSSR count). The topological polar surface area (TPSA) is 90.4 Å². The smallest absolute Gasteiger partial charge is 0.408 e. The Hall–Kier alpha value is -0.810. The number of carbonyl (C=O) groups excluding carboxylic acids is 1. The van der Waals surface area contributed by atoms with Gasteiger partial charge in [-0.05, 0) is 40.2 Å². The average molecular weight is 203 g/mol. The molecule has 0 radical (unpaired) electrons. The van der Waals surface area contributed by atoms with Gasteiger partial charge in [0.25, 0.3) is 0 Å². The fourth-order valence-corrected chi connectivity index (χ4v) is 0.869. The molecule has 0 saturated heterocycles. The van der Waals surface area contributed by atoms with Crippen LogP contribution in [0.3, 0.4) is 0 Å². The minimum atomic E-state index is -0.488. The van der Waals surface area contributed by atoms with Gasteiger partial charge in [-0.25, -0.2) is 4.79 Å². The second-order valence-electron chi connectivity index (χ2n) is 4.18. The standard InChI is InChI=1S/C9H21N3O2/c1-9(2,3)14-8(13)12-7(11)5-4-6-10/h7H,4-6,10-11H2,1-3H3,(H,12,13)/t7-/m0/s1. The van der Waals surface area contributed by atoms with E-state index in [0.717, 1.165) is 6.42 Å². The van der Waals surface area contributed by atoms with Crippen LogP contribution in [-0.4, -0.2) is 24.4 Å². The quantitative estimate of drug-likeness (QED) is 0.581. The van der Waals surface area contributed by atoms with Crippen LogP contribution in [0.2, 0.25) is 0 Å². The van der Waals surface area contributed by atoms with Gasteiger partial charge < -0.3 is 21.5 Å². The second-order valence-corrected chi connectivity index (χ2v) is 4.18. The maximum atomic E-state index is 11.2. The molecular weight excluding hydrogens is 182 g/mol. The molecule has 5 heteroatoms. The van der Waals surface area contributed by atoms with E-state index >= 15 is 0 Å². The molecule has 5 nitrogen and oxygen atoms in total. The predicted octanol–water partition coefficient (Wildman–Crippen LogP) is 0.535. The lowest BCUT2D eigenvalue weighted by Crippen LogP contribution is -2.44. The van der Waals surface area contributed by atoms with Crippen LogP contribution in [-0.2, 0) is 4.74 Å². The van der Waals surface area contributed by atoms with E-state index in [1.807, 2.05) is 0 Å². The van der Waals surface area contributed by atoms with Crippen molar-refractivity contribution in [3.63, 3.8) is 0 Å². The minimum Gasteiger partial charge on any atom is -0.444 e. The normalized spacial score (nSPS) is 13.5. The first-order chi connectivity index (χ1) is 6.35. The van der Waals surface area contributed by atoms with E-state index in [9.17, 15) is 4.79 Å². The molecule has 84 valence electrons. The summed E-state index contributed by atoms with van der Waals surface area (Å²) in [4.78, 5) is 11.2. The summed E-state index contributed by atoms with van der Waals surface area (Å²) in [6.07, 6.45) is 0.586. The Morgan fingerprint density at radius 3 is 2.50 bits per heavy atom. The Morgan fingerprint density at radius 1 is 1.50 bits per heavy atom. The molecule has 5 N–H and O–H groups in total. The maximum Gasteiger partial charge on any atom is 0.408 e. The van der Waals surface area contributed by atoms with Gasteiger partial charge in [0, 0.05) is 0 Å². The van der Waals surface area contributed by atoms with Crippen molar-refractivity contribution in [3.8, 4) is 0 Å². The molecule has 0 aliphatic heterocycles. The van der Waals surface area contributed by atoms with E-state index in [-0.39, 0.29) is 6.17 Å². The van der Waals surface area contributed by atoms with Crippen molar-refractivity contribution >= 4 is 6.09 Å². The number of nitrogens with two attached hydrogens (primary N) is 2. The Balaban J connectivity index is 3.71. The van der Waals surface area contributed by atoms with Gasteiger partial charge in [-0.2, -0.15) is 0 Å². The van der Waals surface area contributed by atoms with Crippen molar-refractivity contribution in [3.05, 3.63) is 0 Å². The Bertz CT molecular complexity index is 177. The highest BCUT2D eigenvalue weighted by Gasteiger charge is 2.17. The van der Waals surface area contributed by atoms with Crippen LogP contribution in [0, 0.1) is 0 Å². The molecule has 1 atom stereocenters. The fourth-order valence-electron chi connectivity index (χ4n) is 0.869. The molecule has 0 bridgehead atoms. The molecule has 0 aromatic carbocycles. The molecule has 0 aliphatic carbocycles. The molecule has 0 saturated carbocycles. The highest BCUT2D eigenvalue weighted by Crippen LogP contribution is 2.06. The summed E-state index contributed by atoms with van der Waals surface area (Å²) in [7, 11) is 0. The van der Waals surface area contributed by atoms with Crippen LogP contribution in [0.1, 0.15) is 33.6 Å². The van der Waals surface area contributed by atoms with Gasteiger partial charge in [-0.15, -0.1) is 0 Å². The first-order valence-electron chi connectivity index (χ1n) is 4.80. The summed E-state index contributed by atoms with van der Waals surface area (Å²) in [6, 6.07) is 0. The fraction of sp³-hybridized carbons (Fsp3) is 0.889. The Morgan fingerprint density at radius 2 is 2.07 bits per heavy atom. The third kappa shape index (κ3) is 7.82. The molecule has 0 aromatic heterocycles. The summed E-state index contributed by atoms with van der Waals surface area (Å²) < 4.78 is 5.03. The number of amides is 1. The Labute approximate surface area is 85.2 Å². The largest absolute Gasteiger partial charge is 0.444 e. The van der Waals surface area contributed by atoms with Gasteiger partial charge in [-0.1, -0.05) is 0 Å². The third-order valence-corrected chi connectivity index (χ3v) is 1.42. The summed E-state index contributed by atoms with van der Waals surface area (Å²) in [6.45, 7) is 5.98. The lowest BCUT2D eigenvalue weighted by molar-refractivity contribution is 0.0503. The van der Waals surface area contributed by atoms with E-state index < -0.39 is 11.7 Å². The van der Waals surface area contributed by atoms with Crippen LogP contribution in [0.25, 0.3) is 0 Å². The van der Waals surface area contributed by atoms with Crippen molar-refractivity contribution in [2.24, 2.45) is 11.5 Å². The molecule has 0 aliphatic rings. The Kier molecular flexibility index (Phi) is 5.49. The van der Waals surface area contributed by atoms with Gasteiger partial charge in [-0.3, -0.25) is 0 Å². The van der Waals surface area contributed by atoms with Crippen molar-refractivity contribution < 1.29 is 9.53 Å². The number of nitrogens with one attached hydrogen (secondary N) is 1. The number of hydrogen-bond donors (Lipinski definition) is 3. The molecular formula is C9H21N3O2. The number of carbonyl (C=O) groups is 1. The van der Waals surface area contributed by atoms with Gasteiger partial charge >= 0.3 is 6.09 Å². The summed E-state index contributed by atoms with van der Waals surface area (Å²) >= 11 is 0. The number of hydrogen-bond acceptors (Lipinski definition) is 4. The van der Waals surface area contributed by atoms with Crippen molar-refractivity contribution in [2.75, 3.05) is 6.54 Å². The lowest BCUT2D eigenvalue weighted by atomic mass is 10.2. The molecule has 0 aromatic rings. The molecule has 0 fully saturated rings. The highest BCUT2D eigenvalue weighted by molar-refractivity contribution is 5.67. The van der Waals surface area contributed by atoms with E-state index in [1.165, 1.54) is 0 Å². The van der Waals surface area contributed by atoms with E-state index in [4.69, 9.17) is 16.2 Å². The van der Waals surface area contributed by atoms with E-state index in [2.05, 4.69) is 5.32 Å². The van der Waals surface area contributed by atoms with Crippen LogP contribution in [0.4, 0.5) is 4.79 Å². The zero-order valence-corrected chi connectivity index (χ0v) is 9.17. The van der Waals surface area contributed by atoms with E-state index in [1.54, 1.807) is 20.8 Å². The first-order valence-corrected chi connectivity index (χ1v) is 4.80. The second kappa shape index (κ2) is 5.82. The zero-order valence-electron chi connectivity index (χ0n) is 9.17. The van der Waals surface area contributed by atoms with Crippen molar-refractivity contribution in [1.82, 2.24) is 5.32 Å². The number of ether oxygens (including phenoxy) is 1. The van der Waals surface area contributed by atoms with Gasteiger partial charge in [0.15, 0.2) is 0 Å².